The molecule has 2 aromatic carbocycles. The number of hydrogen-bond donors (Lipinski definition) is 1. The van der Waals surface area contributed by atoms with Crippen LogP contribution in [0.5, 0.6) is 0 Å². The molecule has 0 radical (unpaired) electrons. The largest absolute Gasteiger partial charge is 0.444 e. The highest BCUT2D eigenvalue weighted by Crippen LogP contribution is 2.32. The van der Waals surface area contributed by atoms with Crippen LogP contribution in [-0.2, 0) is 24.2 Å². The Morgan fingerprint density at radius 3 is 2.53 bits per heavy atom. The Hall–Kier alpha value is -4.10. The number of pyridine rings is 1. The lowest BCUT2D eigenvalue weighted by Crippen LogP contribution is -2.32. The molecule has 0 saturated heterocycles. The second-order valence-electron chi connectivity index (χ2n) is 9.73. The van der Waals surface area contributed by atoms with Crippen molar-refractivity contribution >= 4 is 33.8 Å². The van der Waals surface area contributed by atoms with Gasteiger partial charge in [0.05, 0.1) is 11.0 Å². The van der Waals surface area contributed by atoms with E-state index in [0.717, 1.165) is 52.6 Å². The number of benzene rings is 2. The van der Waals surface area contributed by atoms with E-state index in [-0.39, 0.29) is 0 Å². The van der Waals surface area contributed by atoms with Crippen LogP contribution in [0.1, 0.15) is 57.5 Å². The fourth-order valence-electron chi connectivity index (χ4n) is 4.11. The van der Waals surface area contributed by atoms with Gasteiger partial charge in [-0.25, -0.2) is 14.8 Å². The van der Waals surface area contributed by atoms with E-state index in [0.29, 0.717) is 24.4 Å². The molecule has 0 saturated carbocycles. The number of nitrogens with zero attached hydrogens (tertiary/aromatic N) is 6. The number of fused-ring (bicyclic) bond motifs is 3. The SMILES string of the molecule is CCCCc1nc2c(N=[N+]=[N-])nc3ccccc3c2n1Cc1ccc(CNC(=O)OC(C)(C)C)cc1. The summed E-state index contributed by atoms with van der Waals surface area (Å²) in [6.45, 7) is 8.66. The highest BCUT2D eigenvalue weighted by Gasteiger charge is 2.18. The molecule has 4 aromatic rings. The maximum absolute atomic E-state index is 12.0. The maximum Gasteiger partial charge on any atom is 0.407 e. The second kappa shape index (κ2) is 10.7. The lowest BCUT2D eigenvalue weighted by atomic mass is 10.1. The first-order valence-electron chi connectivity index (χ1n) is 12.2. The molecule has 0 aliphatic carbocycles. The molecule has 0 aliphatic rings. The van der Waals surface area contributed by atoms with Gasteiger partial charge in [0.15, 0.2) is 5.82 Å². The van der Waals surface area contributed by atoms with Crippen molar-refractivity contribution in [3.63, 3.8) is 0 Å². The number of unbranched alkanes of at least 4 members (excludes halogenated alkanes) is 1. The average Bonchev–Trinajstić information content (AvgIpc) is 3.20. The zero-order chi connectivity index (χ0) is 25.7. The van der Waals surface area contributed by atoms with E-state index in [2.05, 4.69) is 44.0 Å². The lowest BCUT2D eigenvalue weighted by molar-refractivity contribution is 0.0523. The third-order valence-corrected chi connectivity index (χ3v) is 5.74. The van der Waals surface area contributed by atoms with E-state index in [4.69, 9.17) is 15.3 Å². The van der Waals surface area contributed by atoms with Gasteiger partial charge in [-0.2, -0.15) is 0 Å². The first-order valence-corrected chi connectivity index (χ1v) is 12.2. The van der Waals surface area contributed by atoms with E-state index in [1.165, 1.54) is 0 Å². The van der Waals surface area contributed by atoms with E-state index in [9.17, 15) is 4.79 Å². The van der Waals surface area contributed by atoms with Crippen LogP contribution in [0, 0.1) is 0 Å². The van der Waals surface area contributed by atoms with Crippen molar-refractivity contribution in [3.8, 4) is 0 Å². The van der Waals surface area contributed by atoms with E-state index >= 15 is 0 Å². The van der Waals surface area contributed by atoms with Gasteiger partial charge in [-0.3, -0.25) is 0 Å². The fraction of sp³-hybridized carbons (Fsp3) is 0.370. The van der Waals surface area contributed by atoms with Crippen LogP contribution < -0.4 is 5.32 Å². The smallest absolute Gasteiger partial charge is 0.407 e. The number of carbonyl (C=O) groups is 1. The minimum absolute atomic E-state index is 0.297. The molecule has 0 unspecified atom stereocenters. The van der Waals surface area contributed by atoms with Crippen LogP contribution in [0.2, 0.25) is 0 Å². The lowest BCUT2D eigenvalue weighted by Gasteiger charge is -2.19. The van der Waals surface area contributed by atoms with Gasteiger partial charge in [-0.1, -0.05) is 55.8 Å². The first kappa shape index (κ1) is 25.0. The van der Waals surface area contributed by atoms with Crippen molar-refractivity contribution in [2.45, 2.75) is 65.6 Å². The molecule has 0 bridgehead atoms. The number of aromatic nitrogens is 3. The topological polar surface area (TPSA) is 118 Å². The summed E-state index contributed by atoms with van der Waals surface area (Å²) in [6.07, 6.45) is 2.42. The maximum atomic E-state index is 12.0. The van der Waals surface area contributed by atoms with Crippen molar-refractivity contribution in [2.75, 3.05) is 0 Å². The molecule has 0 atom stereocenters. The Balaban J connectivity index is 1.67. The Morgan fingerprint density at radius 1 is 1.11 bits per heavy atom. The van der Waals surface area contributed by atoms with Crippen molar-refractivity contribution < 1.29 is 9.53 Å². The van der Waals surface area contributed by atoms with Crippen molar-refractivity contribution in [3.05, 3.63) is 75.9 Å². The monoisotopic (exact) mass is 485 g/mol. The number of para-hydroxylation sites is 1. The Morgan fingerprint density at radius 2 is 1.83 bits per heavy atom. The Labute approximate surface area is 210 Å². The predicted molar refractivity (Wildman–Crippen MR) is 141 cm³/mol. The van der Waals surface area contributed by atoms with E-state index in [1.54, 1.807) is 0 Å². The van der Waals surface area contributed by atoms with Crippen molar-refractivity contribution in [2.24, 2.45) is 5.11 Å². The summed E-state index contributed by atoms with van der Waals surface area (Å²) >= 11 is 0. The third kappa shape index (κ3) is 5.75. The molecular weight excluding hydrogens is 454 g/mol. The summed E-state index contributed by atoms with van der Waals surface area (Å²) in [5.74, 6) is 1.24. The number of rotatable bonds is 8. The number of hydrogen-bond acceptors (Lipinski definition) is 5. The third-order valence-electron chi connectivity index (χ3n) is 5.74. The zero-order valence-electron chi connectivity index (χ0n) is 21.2. The summed E-state index contributed by atoms with van der Waals surface area (Å²) in [7, 11) is 0. The normalized spacial score (nSPS) is 11.4. The van der Waals surface area contributed by atoms with Gasteiger partial charge >= 0.3 is 6.09 Å². The quantitative estimate of drug-likeness (QED) is 0.165. The highest BCUT2D eigenvalue weighted by atomic mass is 16.6. The number of azide groups is 1. The standard InChI is InChI=1S/C27H31N7O2/c1-5-6-11-22-31-23-24(20-9-7-8-10-21(20)30-25(23)32-33-28)34(22)17-19-14-12-18(13-15-19)16-29-26(35)36-27(2,3)4/h7-10,12-15H,5-6,11,16-17H2,1-4H3,(H,29,35). The van der Waals surface area contributed by atoms with Gasteiger partial charge in [0.1, 0.15) is 16.9 Å². The van der Waals surface area contributed by atoms with Crippen LogP contribution in [-0.4, -0.2) is 26.2 Å². The summed E-state index contributed by atoms with van der Waals surface area (Å²) in [4.78, 5) is 24.4. The summed E-state index contributed by atoms with van der Waals surface area (Å²) in [6, 6.07) is 16.0. The zero-order valence-corrected chi connectivity index (χ0v) is 21.2. The molecule has 2 heterocycles. The van der Waals surface area contributed by atoms with Gasteiger partial charge in [0.2, 0.25) is 0 Å². The number of ether oxygens (including phenoxy) is 1. The number of nitrogens with one attached hydrogen (secondary N) is 1. The Kier molecular flexibility index (Phi) is 7.41. The summed E-state index contributed by atoms with van der Waals surface area (Å²) in [5, 5.41) is 7.61. The van der Waals surface area contributed by atoms with E-state index < -0.39 is 11.7 Å². The minimum Gasteiger partial charge on any atom is -0.444 e. The molecule has 9 nitrogen and oxygen atoms in total. The van der Waals surface area contributed by atoms with Gasteiger partial charge in [-0.15, -0.1) is 0 Å². The van der Waals surface area contributed by atoms with Crippen LogP contribution in [0.3, 0.4) is 0 Å². The summed E-state index contributed by atoms with van der Waals surface area (Å²) in [5.41, 5.74) is 13.0. The highest BCUT2D eigenvalue weighted by molar-refractivity contribution is 6.06. The average molecular weight is 486 g/mol. The number of alkyl carbamates (subject to hydrolysis) is 1. The molecule has 1 amide bonds. The van der Waals surface area contributed by atoms with Gasteiger partial charge < -0.3 is 14.6 Å². The van der Waals surface area contributed by atoms with Crippen LogP contribution in [0.15, 0.2) is 53.6 Å². The molecule has 2 aromatic heterocycles. The molecule has 1 N–H and O–H groups in total. The van der Waals surface area contributed by atoms with Crippen molar-refractivity contribution in [1.29, 1.82) is 0 Å². The van der Waals surface area contributed by atoms with Crippen LogP contribution in [0.4, 0.5) is 10.6 Å². The van der Waals surface area contributed by atoms with Crippen molar-refractivity contribution in [1.82, 2.24) is 19.9 Å². The number of aryl methyl sites for hydroxylation is 1. The molecular formula is C27H31N7O2. The van der Waals surface area contributed by atoms with Crippen LogP contribution in [0.25, 0.3) is 32.4 Å². The molecule has 0 spiro atoms. The molecule has 9 heteroatoms. The van der Waals surface area contributed by atoms with Crippen LogP contribution >= 0.6 is 0 Å². The Bertz CT molecular complexity index is 1430. The molecule has 0 fully saturated rings. The number of imidazole rings is 1. The summed E-state index contributed by atoms with van der Waals surface area (Å²) < 4.78 is 7.51. The number of amides is 1. The molecule has 36 heavy (non-hydrogen) atoms. The molecule has 186 valence electrons. The minimum atomic E-state index is -0.533. The predicted octanol–water partition coefficient (Wildman–Crippen LogP) is 6.94. The second-order valence-corrected chi connectivity index (χ2v) is 9.73. The number of carbonyl (C=O) groups excluding carboxylic acids is 1. The van der Waals surface area contributed by atoms with Gasteiger partial charge in [0.25, 0.3) is 0 Å². The molecule has 4 rings (SSSR count). The first-order chi connectivity index (χ1) is 17.3. The van der Waals surface area contributed by atoms with E-state index in [1.807, 2.05) is 57.2 Å². The molecule has 0 aliphatic heterocycles. The fourth-order valence-corrected chi connectivity index (χ4v) is 4.11. The van der Waals surface area contributed by atoms with Gasteiger partial charge in [-0.05, 0) is 55.0 Å². The van der Waals surface area contributed by atoms with Gasteiger partial charge in [0, 0.05) is 29.8 Å².